The summed E-state index contributed by atoms with van der Waals surface area (Å²) in [4.78, 5) is 23.6. The van der Waals surface area contributed by atoms with Gasteiger partial charge in [0.2, 0.25) is 11.8 Å². The highest BCUT2D eigenvalue weighted by molar-refractivity contribution is 6.03. The summed E-state index contributed by atoms with van der Waals surface area (Å²) in [6.45, 7) is 9.98. The van der Waals surface area contributed by atoms with Crippen molar-refractivity contribution < 1.29 is 9.59 Å². The minimum Gasteiger partial charge on any atom is -0.326 e. The van der Waals surface area contributed by atoms with E-state index in [0.717, 1.165) is 28.1 Å². The normalized spacial score (nSPS) is 11.2. The van der Waals surface area contributed by atoms with E-state index in [1.165, 1.54) is 13.0 Å². The lowest BCUT2D eigenvalue weighted by molar-refractivity contribution is -0.114. The van der Waals surface area contributed by atoms with Gasteiger partial charge in [-0.2, -0.15) is 0 Å². The van der Waals surface area contributed by atoms with Crippen molar-refractivity contribution in [2.45, 2.75) is 46.5 Å². The highest BCUT2D eigenvalue weighted by Crippen LogP contribution is 2.32. The summed E-state index contributed by atoms with van der Waals surface area (Å²) in [6, 6.07) is 13.5. The summed E-state index contributed by atoms with van der Waals surface area (Å²) in [5, 5.41) is 5.79. The molecule has 2 rings (SSSR count). The molecule has 0 heterocycles. The second-order valence-corrected chi connectivity index (χ2v) is 7.25. The zero-order valence-electron chi connectivity index (χ0n) is 16.7. The number of nitrogens with one attached hydrogen (secondary N) is 2. The molecule has 4 heteroatoms. The molecule has 0 aromatic heterocycles. The van der Waals surface area contributed by atoms with Gasteiger partial charge in [0.1, 0.15) is 0 Å². The van der Waals surface area contributed by atoms with Gasteiger partial charge in [0.25, 0.3) is 0 Å². The number of hydrogen-bond acceptors (Lipinski definition) is 2. The van der Waals surface area contributed by atoms with Crippen LogP contribution in [0.3, 0.4) is 0 Å². The largest absolute Gasteiger partial charge is 0.326 e. The zero-order chi connectivity index (χ0) is 20.0. The molecule has 0 aliphatic rings. The fraction of sp³-hybridized carbons (Fsp3) is 0.304. The number of carbonyl (C=O) groups is 2. The molecule has 0 saturated carbocycles. The fourth-order valence-corrected chi connectivity index (χ4v) is 2.91. The maximum absolute atomic E-state index is 12.5. The SMILES string of the molecule is CC(=O)Nc1ccc(C=CC(=O)Nc2c(C(C)C)cccc2C(C)C)cc1. The van der Waals surface area contributed by atoms with Crippen LogP contribution in [0.2, 0.25) is 0 Å². The first kappa shape index (κ1) is 20.4. The molecule has 0 aliphatic heterocycles. The first-order valence-electron chi connectivity index (χ1n) is 9.27. The van der Waals surface area contributed by atoms with Crippen LogP contribution in [0.25, 0.3) is 6.08 Å². The summed E-state index contributed by atoms with van der Waals surface area (Å²) in [5.74, 6) is 0.381. The minimum atomic E-state index is -0.157. The molecule has 0 saturated heterocycles. The molecule has 0 aliphatic carbocycles. The predicted octanol–water partition coefficient (Wildman–Crippen LogP) is 5.54. The average molecular weight is 364 g/mol. The van der Waals surface area contributed by atoms with Crippen molar-refractivity contribution in [2.75, 3.05) is 10.6 Å². The summed E-state index contributed by atoms with van der Waals surface area (Å²) in [7, 11) is 0. The van der Waals surface area contributed by atoms with Crippen LogP contribution in [-0.4, -0.2) is 11.8 Å². The van der Waals surface area contributed by atoms with Crippen molar-refractivity contribution in [3.05, 3.63) is 65.2 Å². The Morgan fingerprint density at radius 1 is 0.852 bits per heavy atom. The Balaban J connectivity index is 2.16. The van der Waals surface area contributed by atoms with Crippen molar-refractivity contribution in [3.63, 3.8) is 0 Å². The van der Waals surface area contributed by atoms with Gasteiger partial charge >= 0.3 is 0 Å². The summed E-state index contributed by atoms with van der Waals surface area (Å²) >= 11 is 0. The Bertz CT molecular complexity index is 808. The van der Waals surface area contributed by atoms with Crippen LogP contribution in [0.15, 0.2) is 48.5 Å². The Hall–Kier alpha value is -2.88. The van der Waals surface area contributed by atoms with Gasteiger partial charge in [-0.3, -0.25) is 9.59 Å². The molecule has 0 spiro atoms. The molecular formula is C23H28N2O2. The molecule has 27 heavy (non-hydrogen) atoms. The van der Waals surface area contributed by atoms with Crippen LogP contribution in [0, 0.1) is 0 Å². The average Bonchev–Trinajstić information content (AvgIpc) is 2.60. The number of para-hydroxylation sites is 1. The van der Waals surface area contributed by atoms with Crippen molar-refractivity contribution >= 4 is 29.3 Å². The second kappa shape index (κ2) is 9.17. The fourth-order valence-electron chi connectivity index (χ4n) is 2.91. The molecule has 0 radical (unpaired) electrons. The third-order valence-electron chi connectivity index (χ3n) is 4.28. The molecule has 4 nitrogen and oxygen atoms in total. The molecule has 2 aromatic rings. The molecule has 0 atom stereocenters. The van der Waals surface area contributed by atoms with Crippen LogP contribution in [0.4, 0.5) is 11.4 Å². The van der Waals surface area contributed by atoms with Gasteiger partial charge in [-0.05, 0) is 46.7 Å². The van der Waals surface area contributed by atoms with Crippen LogP contribution in [0.5, 0.6) is 0 Å². The number of rotatable bonds is 6. The van der Waals surface area contributed by atoms with E-state index in [1.807, 2.05) is 30.3 Å². The van der Waals surface area contributed by atoms with Gasteiger partial charge in [0.15, 0.2) is 0 Å². The van der Waals surface area contributed by atoms with Crippen molar-refractivity contribution in [2.24, 2.45) is 0 Å². The number of benzene rings is 2. The number of amides is 2. The molecule has 2 amide bonds. The van der Waals surface area contributed by atoms with E-state index < -0.39 is 0 Å². The van der Waals surface area contributed by atoms with Crippen molar-refractivity contribution in [3.8, 4) is 0 Å². The van der Waals surface area contributed by atoms with Crippen molar-refractivity contribution in [1.82, 2.24) is 0 Å². The van der Waals surface area contributed by atoms with E-state index in [4.69, 9.17) is 0 Å². The molecular weight excluding hydrogens is 336 g/mol. The van der Waals surface area contributed by atoms with E-state index in [9.17, 15) is 9.59 Å². The Kier molecular flexibility index (Phi) is 6.94. The predicted molar refractivity (Wildman–Crippen MR) is 113 cm³/mol. The van der Waals surface area contributed by atoms with Crippen LogP contribution >= 0.6 is 0 Å². The third kappa shape index (κ3) is 5.81. The smallest absolute Gasteiger partial charge is 0.248 e. The Morgan fingerprint density at radius 3 is 1.89 bits per heavy atom. The Labute approximate surface area is 161 Å². The molecule has 0 unspecified atom stereocenters. The highest BCUT2D eigenvalue weighted by atomic mass is 16.2. The van der Waals surface area contributed by atoms with E-state index in [-0.39, 0.29) is 11.8 Å². The molecule has 2 aromatic carbocycles. The first-order chi connectivity index (χ1) is 12.8. The van der Waals surface area contributed by atoms with E-state index >= 15 is 0 Å². The van der Waals surface area contributed by atoms with Gasteiger partial charge in [0.05, 0.1) is 0 Å². The number of hydrogen-bond donors (Lipinski definition) is 2. The van der Waals surface area contributed by atoms with E-state index in [1.54, 1.807) is 6.08 Å². The Morgan fingerprint density at radius 2 is 1.41 bits per heavy atom. The number of carbonyl (C=O) groups excluding carboxylic acids is 2. The van der Waals surface area contributed by atoms with E-state index in [0.29, 0.717) is 11.8 Å². The van der Waals surface area contributed by atoms with Crippen molar-refractivity contribution in [1.29, 1.82) is 0 Å². The molecule has 142 valence electrons. The highest BCUT2D eigenvalue weighted by Gasteiger charge is 2.14. The van der Waals surface area contributed by atoms with Crippen LogP contribution < -0.4 is 10.6 Å². The van der Waals surface area contributed by atoms with Gasteiger partial charge in [0, 0.05) is 24.4 Å². The maximum Gasteiger partial charge on any atom is 0.248 e. The van der Waals surface area contributed by atoms with Crippen LogP contribution in [-0.2, 0) is 9.59 Å². The summed E-state index contributed by atoms with van der Waals surface area (Å²) < 4.78 is 0. The lowest BCUT2D eigenvalue weighted by Gasteiger charge is -2.19. The lowest BCUT2D eigenvalue weighted by atomic mass is 9.92. The minimum absolute atomic E-state index is 0.109. The standard InChI is InChI=1S/C23H28N2O2/c1-15(2)20-7-6-8-21(16(3)4)23(20)25-22(27)14-11-18-9-12-19(13-10-18)24-17(5)26/h6-16H,1-5H3,(H,24,26)(H,25,27). The van der Waals surface area contributed by atoms with Gasteiger partial charge < -0.3 is 10.6 Å². The summed E-state index contributed by atoms with van der Waals surface area (Å²) in [6.07, 6.45) is 3.30. The zero-order valence-corrected chi connectivity index (χ0v) is 16.7. The molecule has 0 bridgehead atoms. The monoisotopic (exact) mass is 364 g/mol. The number of anilines is 2. The molecule has 2 N–H and O–H groups in total. The van der Waals surface area contributed by atoms with Gasteiger partial charge in [-0.1, -0.05) is 58.0 Å². The second-order valence-electron chi connectivity index (χ2n) is 7.25. The lowest BCUT2D eigenvalue weighted by Crippen LogP contribution is -2.13. The first-order valence-corrected chi connectivity index (χ1v) is 9.27. The van der Waals surface area contributed by atoms with E-state index in [2.05, 4.69) is 50.5 Å². The molecule has 0 fully saturated rings. The summed E-state index contributed by atoms with van der Waals surface area (Å²) in [5.41, 5.74) is 4.82. The quantitative estimate of drug-likeness (QED) is 0.661. The van der Waals surface area contributed by atoms with Gasteiger partial charge in [-0.15, -0.1) is 0 Å². The third-order valence-corrected chi connectivity index (χ3v) is 4.28. The van der Waals surface area contributed by atoms with Gasteiger partial charge in [-0.25, -0.2) is 0 Å². The maximum atomic E-state index is 12.5. The van der Waals surface area contributed by atoms with Crippen LogP contribution in [0.1, 0.15) is 63.1 Å². The topological polar surface area (TPSA) is 58.2 Å².